The van der Waals surface area contributed by atoms with E-state index < -0.39 is 34.1 Å². The Morgan fingerprint density at radius 2 is 1.45 bits per heavy atom. The summed E-state index contributed by atoms with van der Waals surface area (Å²) in [7, 11) is -4.18. The number of rotatable bonds is 10. The lowest BCUT2D eigenvalue weighted by Crippen LogP contribution is -2.55. The molecule has 0 aromatic heterocycles. The molecule has 0 unspecified atom stereocenters. The average Bonchev–Trinajstić information content (AvgIpc) is 2.88. The number of amides is 2. The van der Waals surface area contributed by atoms with E-state index in [1.165, 1.54) is 29.2 Å². The fraction of sp³-hybridized carbons (Fsp3) is 0.310. The number of halogens is 3. The lowest BCUT2D eigenvalue weighted by atomic mass is 10.1. The third kappa shape index (κ3) is 7.91. The second-order valence-corrected chi connectivity index (χ2v) is 13.3. The molecule has 0 spiro atoms. The van der Waals surface area contributed by atoms with E-state index in [2.05, 4.69) is 5.32 Å². The Balaban J connectivity index is 2.10. The molecule has 0 aliphatic rings. The zero-order valence-corrected chi connectivity index (χ0v) is 25.8. The van der Waals surface area contributed by atoms with Crippen LogP contribution in [0.15, 0.2) is 77.7 Å². The monoisotopic (exact) mass is 623 g/mol. The van der Waals surface area contributed by atoms with Crippen molar-refractivity contribution in [3.63, 3.8) is 0 Å². The molecule has 0 aliphatic heterocycles. The molecule has 0 radical (unpaired) electrons. The van der Waals surface area contributed by atoms with Crippen molar-refractivity contribution >= 4 is 62.3 Å². The van der Waals surface area contributed by atoms with Crippen LogP contribution >= 0.6 is 34.8 Å². The van der Waals surface area contributed by atoms with Gasteiger partial charge >= 0.3 is 0 Å². The summed E-state index contributed by atoms with van der Waals surface area (Å²) in [6, 6.07) is 18.0. The van der Waals surface area contributed by atoms with E-state index in [0.717, 1.165) is 4.31 Å². The Labute approximate surface area is 251 Å². The predicted molar refractivity (Wildman–Crippen MR) is 161 cm³/mol. The minimum absolute atomic E-state index is 0.0102. The van der Waals surface area contributed by atoms with Gasteiger partial charge in [0.1, 0.15) is 12.6 Å². The third-order valence-corrected chi connectivity index (χ3v) is 8.75. The standard InChI is InChI=1S/C29H32Cl3N3O4S/c1-5-26(28(37)33-29(2,3)4)34(18-23-24(31)12-9-13-25(23)32)27(36)19-35(21-16-14-20(30)15-17-21)40(38,39)22-10-7-6-8-11-22/h6-17,26H,5,18-19H2,1-4H3,(H,33,37)/t26-/m1/s1. The maximum atomic E-state index is 14.1. The van der Waals surface area contributed by atoms with Crippen LogP contribution in [0.25, 0.3) is 0 Å². The highest BCUT2D eigenvalue weighted by Gasteiger charge is 2.35. The van der Waals surface area contributed by atoms with Gasteiger partial charge in [-0.1, -0.05) is 66.0 Å². The first-order valence-electron chi connectivity index (χ1n) is 12.6. The van der Waals surface area contributed by atoms with Gasteiger partial charge in [0, 0.05) is 32.7 Å². The van der Waals surface area contributed by atoms with Crippen LogP contribution in [-0.4, -0.2) is 43.3 Å². The zero-order valence-electron chi connectivity index (χ0n) is 22.7. The van der Waals surface area contributed by atoms with E-state index in [0.29, 0.717) is 20.6 Å². The van der Waals surface area contributed by atoms with Crippen molar-refractivity contribution in [1.29, 1.82) is 0 Å². The van der Waals surface area contributed by atoms with Gasteiger partial charge in [0.25, 0.3) is 10.0 Å². The number of carbonyl (C=O) groups is 2. The van der Waals surface area contributed by atoms with Crippen LogP contribution < -0.4 is 9.62 Å². The summed E-state index contributed by atoms with van der Waals surface area (Å²) in [4.78, 5) is 28.8. The second-order valence-electron chi connectivity index (χ2n) is 10.2. The molecule has 3 aromatic carbocycles. The van der Waals surface area contributed by atoms with Crippen LogP contribution in [-0.2, 0) is 26.2 Å². The molecular formula is C29H32Cl3N3O4S. The van der Waals surface area contributed by atoms with Gasteiger partial charge in [-0.3, -0.25) is 13.9 Å². The molecule has 40 heavy (non-hydrogen) atoms. The molecule has 1 atom stereocenters. The van der Waals surface area contributed by atoms with E-state index in [1.54, 1.807) is 55.5 Å². The molecule has 7 nitrogen and oxygen atoms in total. The van der Waals surface area contributed by atoms with E-state index in [4.69, 9.17) is 34.8 Å². The number of hydrogen-bond acceptors (Lipinski definition) is 4. The Bertz CT molecular complexity index is 1420. The molecule has 3 rings (SSSR count). The second kappa shape index (κ2) is 13.3. The number of hydrogen-bond donors (Lipinski definition) is 1. The molecular weight excluding hydrogens is 593 g/mol. The number of nitrogens with zero attached hydrogens (tertiary/aromatic N) is 2. The van der Waals surface area contributed by atoms with Gasteiger partial charge in [0.05, 0.1) is 10.6 Å². The molecule has 3 aromatic rings. The minimum atomic E-state index is -4.18. The molecule has 0 aliphatic carbocycles. The van der Waals surface area contributed by atoms with E-state index >= 15 is 0 Å². The van der Waals surface area contributed by atoms with Gasteiger partial charge in [-0.05, 0) is 75.7 Å². The van der Waals surface area contributed by atoms with Crippen molar-refractivity contribution in [2.24, 2.45) is 0 Å². The zero-order chi connectivity index (χ0) is 29.7. The smallest absolute Gasteiger partial charge is 0.264 e. The van der Waals surface area contributed by atoms with Gasteiger partial charge in [0.15, 0.2) is 0 Å². The van der Waals surface area contributed by atoms with Crippen molar-refractivity contribution in [2.45, 2.75) is 57.1 Å². The summed E-state index contributed by atoms with van der Waals surface area (Å²) in [5.41, 5.74) is 0.127. The van der Waals surface area contributed by atoms with Crippen LogP contribution in [0.4, 0.5) is 5.69 Å². The van der Waals surface area contributed by atoms with Crippen LogP contribution in [0.5, 0.6) is 0 Å². The predicted octanol–water partition coefficient (Wildman–Crippen LogP) is 6.56. The number of carbonyl (C=O) groups excluding carboxylic acids is 2. The first-order valence-corrected chi connectivity index (χ1v) is 15.2. The Morgan fingerprint density at radius 1 is 0.875 bits per heavy atom. The summed E-state index contributed by atoms with van der Waals surface area (Å²) in [5, 5.41) is 3.98. The summed E-state index contributed by atoms with van der Waals surface area (Å²) >= 11 is 18.9. The van der Waals surface area contributed by atoms with Crippen molar-refractivity contribution in [3.8, 4) is 0 Å². The Kier molecular flexibility index (Phi) is 10.5. The van der Waals surface area contributed by atoms with Crippen LogP contribution in [0.2, 0.25) is 15.1 Å². The third-order valence-electron chi connectivity index (χ3n) is 6.00. The molecule has 0 heterocycles. The fourth-order valence-electron chi connectivity index (χ4n) is 4.08. The summed E-state index contributed by atoms with van der Waals surface area (Å²) in [6.07, 6.45) is 0.266. The highest BCUT2D eigenvalue weighted by molar-refractivity contribution is 7.92. The van der Waals surface area contributed by atoms with Crippen LogP contribution in [0.1, 0.15) is 39.7 Å². The normalized spacial score (nSPS) is 12.5. The first-order chi connectivity index (χ1) is 18.7. The molecule has 11 heteroatoms. The van der Waals surface area contributed by atoms with Gasteiger partial charge in [-0.2, -0.15) is 0 Å². The molecule has 0 bridgehead atoms. The van der Waals surface area contributed by atoms with Crippen molar-refractivity contribution in [2.75, 3.05) is 10.8 Å². The highest BCUT2D eigenvalue weighted by Crippen LogP contribution is 2.29. The molecule has 0 fully saturated rings. The maximum absolute atomic E-state index is 14.1. The molecule has 2 amide bonds. The Morgan fingerprint density at radius 3 is 1.98 bits per heavy atom. The maximum Gasteiger partial charge on any atom is 0.264 e. The van der Waals surface area contributed by atoms with Crippen molar-refractivity contribution < 1.29 is 18.0 Å². The van der Waals surface area contributed by atoms with Gasteiger partial charge in [0.2, 0.25) is 11.8 Å². The van der Waals surface area contributed by atoms with Crippen molar-refractivity contribution in [1.82, 2.24) is 10.2 Å². The molecule has 214 valence electrons. The summed E-state index contributed by atoms with van der Waals surface area (Å²) < 4.78 is 28.6. The lowest BCUT2D eigenvalue weighted by Gasteiger charge is -2.35. The number of anilines is 1. The first kappa shape index (κ1) is 31.7. The summed E-state index contributed by atoms with van der Waals surface area (Å²) in [6.45, 7) is 6.60. The SMILES string of the molecule is CC[C@H](C(=O)NC(C)(C)C)N(Cc1c(Cl)cccc1Cl)C(=O)CN(c1ccc(Cl)cc1)S(=O)(=O)c1ccccc1. The largest absolute Gasteiger partial charge is 0.350 e. The van der Waals surface area contributed by atoms with Gasteiger partial charge < -0.3 is 10.2 Å². The fourth-order valence-corrected chi connectivity index (χ4v) is 6.16. The highest BCUT2D eigenvalue weighted by atomic mass is 35.5. The summed E-state index contributed by atoms with van der Waals surface area (Å²) in [5.74, 6) is -0.989. The minimum Gasteiger partial charge on any atom is -0.350 e. The number of benzene rings is 3. The topological polar surface area (TPSA) is 86.8 Å². The number of nitrogens with one attached hydrogen (secondary N) is 1. The molecule has 1 N–H and O–H groups in total. The quantitative estimate of drug-likeness (QED) is 0.277. The van der Waals surface area contributed by atoms with Crippen LogP contribution in [0.3, 0.4) is 0 Å². The van der Waals surface area contributed by atoms with E-state index in [1.807, 2.05) is 20.8 Å². The average molecular weight is 625 g/mol. The number of sulfonamides is 1. The van der Waals surface area contributed by atoms with Gasteiger partial charge in [-0.15, -0.1) is 0 Å². The lowest BCUT2D eigenvalue weighted by molar-refractivity contribution is -0.141. The molecule has 0 saturated heterocycles. The molecule has 0 saturated carbocycles. The van der Waals surface area contributed by atoms with E-state index in [-0.39, 0.29) is 29.5 Å². The van der Waals surface area contributed by atoms with Gasteiger partial charge in [-0.25, -0.2) is 8.42 Å². The van der Waals surface area contributed by atoms with E-state index in [9.17, 15) is 18.0 Å². The van der Waals surface area contributed by atoms with Crippen LogP contribution in [0, 0.1) is 0 Å². The van der Waals surface area contributed by atoms with Crippen molar-refractivity contribution in [3.05, 3.63) is 93.4 Å². The Hall–Kier alpha value is -2.78.